The van der Waals surface area contributed by atoms with Crippen LogP contribution in [0.3, 0.4) is 0 Å². The van der Waals surface area contributed by atoms with Gasteiger partial charge in [0, 0.05) is 27.9 Å². The van der Waals surface area contributed by atoms with Crippen LogP contribution in [0.2, 0.25) is 10.0 Å². The van der Waals surface area contributed by atoms with Crippen molar-refractivity contribution in [2.75, 3.05) is 4.42 Å². The van der Waals surface area contributed by atoms with E-state index in [1.807, 2.05) is 0 Å². The summed E-state index contributed by atoms with van der Waals surface area (Å²) in [4.78, 5) is 10.6. The maximum absolute atomic E-state index is 10.6. The van der Waals surface area contributed by atoms with Crippen molar-refractivity contribution in [1.29, 1.82) is 0 Å². The molecule has 2 N–H and O–H groups in total. The predicted molar refractivity (Wildman–Crippen MR) is 73.5 cm³/mol. The van der Waals surface area contributed by atoms with E-state index in [-0.39, 0.29) is 18.0 Å². The van der Waals surface area contributed by atoms with E-state index >= 15 is 0 Å². The molecule has 0 unspecified atom stereocenters. The van der Waals surface area contributed by atoms with E-state index in [4.69, 9.17) is 35.0 Å². The van der Waals surface area contributed by atoms with E-state index in [9.17, 15) is 15.0 Å². The third-order valence-corrected chi connectivity index (χ3v) is 3.06. The number of rotatable bonds is 3. The number of nitrogens with zero attached hydrogens (tertiary/aromatic N) is 2. The highest BCUT2D eigenvalue weighted by atomic mass is 35.5. The molecule has 0 fully saturated rings. The van der Waals surface area contributed by atoms with Crippen LogP contribution in [0.25, 0.3) is 5.69 Å². The van der Waals surface area contributed by atoms with Crippen LogP contribution in [0.5, 0.6) is 11.8 Å². The fourth-order valence-electron chi connectivity index (χ4n) is 1.61. The molecule has 2 rings (SSSR count). The van der Waals surface area contributed by atoms with Gasteiger partial charge in [-0.05, 0) is 18.2 Å². The maximum atomic E-state index is 10.6. The van der Waals surface area contributed by atoms with Gasteiger partial charge in [0.25, 0.3) is 0 Å². The highest BCUT2D eigenvalue weighted by molar-refractivity contribution is 6.35. The van der Waals surface area contributed by atoms with Gasteiger partial charge in [-0.15, -0.1) is 0 Å². The molecule has 0 atom stereocenters. The monoisotopic (exact) mass is 320 g/mol. The van der Waals surface area contributed by atoms with Crippen molar-refractivity contribution in [3.05, 3.63) is 34.3 Å². The van der Waals surface area contributed by atoms with Crippen LogP contribution in [0.15, 0.2) is 24.3 Å². The summed E-state index contributed by atoms with van der Waals surface area (Å²) in [7, 11) is 0. The number of hydrogen-bond acceptors (Lipinski definition) is 3. The first-order valence-corrected chi connectivity index (χ1v) is 6.04. The molecule has 1 aromatic heterocycles. The molecule has 5 nitrogen and oxygen atoms in total. The molecule has 100 valence electrons. The second-order valence-electron chi connectivity index (χ2n) is 3.59. The van der Waals surface area contributed by atoms with E-state index in [0.29, 0.717) is 20.2 Å². The molecule has 2 aromatic rings. The van der Waals surface area contributed by atoms with E-state index in [0.717, 1.165) is 10.6 Å². The summed E-state index contributed by atoms with van der Waals surface area (Å²) in [6, 6.07) is 5.60. The Kier molecular flexibility index (Phi) is 3.80. The summed E-state index contributed by atoms with van der Waals surface area (Å²) in [6.07, 6.45) is 0.283. The number of hydrogen-bond donors (Lipinski definition) is 2. The third kappa shape index (κ3) is 2.58. The molecule has 0 aliphatic heterocycles. The van der Waals surface area contributed by atoms with Gasteiger partial charge in [-0.2, -0.15) is 0 Å². The zero-order chi connectivity index (χ0) is 14.2. The number of amides is 1. The molecule has 0 radical (unpaired) electrons. The van der Waals surface area contributed by atoms with Crippen molar-refractivity contribution in [1.82, 2.24) is 4.57 Å². The molecule has 0 spiro atoms. The van der Waals surface area contributed by atoms with Crippen LogP contribution < -0.4 is 4.42 Å². The summed E-state index contributed by atoms with van der Waals surface area (Å²) >= 11 is 17.3. The second kappa shape index (κ2) is 5.21. The van der Waals surface area contributed by atoms with Crippen LogP contribution in [-0.2, 0) is 4.79 Å². The Morgan fingerprint density at radius 2 is 1.68 bits per heavy atom. The maximum Gasteiger partial charge on any atom is 0.229 e. The van der Waals surface area contributed by atoms with Gasteiger partial charge in [0.05, 0.1) is 5.69 Å². The van der Waals surface area contributed by atoms with E-state index in [1.165, 1.54) is 18.2 Å². The molecule has 19 heavy (non-hydrogen) atoms. The van der Waals surface area contributed by atoms with Gasteiger partial charge in [-0.25, -0.2) is 8.99 Å². The molecular formula is C11H7Cl3N2O3. The number of halogens is 3. The Bertz CT molecular complexity index is 622. The minimum Gasteiger partial charge on any atom is -0.494 e. The number of carbonyl (C=O) groups is 1. The van der Waals surface area contributed by atoms with Crippen LogP contribution in [0.1, 0.15) is 0 Å². The lowest BCUT2D eigenvalue weighted by Crippen LogP contribution is -2.05. The van der Waals surface area contributed by atoms with Gasteiger partial charge in [0.15, 0.2) is 0 Å². The van der Waals surface area contributed by atoms with Crippen LogP contribution in [0, 0.1) is 0 Å². The summed E-state index contributed by atoms with van der Waals surface area (Å²) in [6.45, 7) is 0. The van der Waals surface area contributed by atoms with Crippen molar-refractivity contribution < 1.29 is 15.0 Å². The minimum atomic E-state index is -0.419. The third-order valence-electron chi connectivity index (χ3n) is 2.36. The predicted octanol–water partition coefficient (Wildman–Crippen LogP) is 3.31. The highest BCUT2D eigenvalue weighted by Gasteiger charge is 2.19. The molecule has 0 aliphatic carbocycles. The standard InChI is InChI=1S/C11H7Cl3N2O3/c12-6-1-7(13)3-8(2-6)16-10(18)4-9(11(16)19)15(14)5-17/h1-5,18-19H. The van der Waals surface area contributed by atoms with Crippen molar-refractivity contribution in [2.24, 2.45) is 0 Å². The quantitative estimate of drug-likeness (QED) is 0.673. The van der Waals surface area contributed by atoms with E-state index < -0.39 is 5.88 Å². The van der Waals surface area contributed by atoms with E-state index in [1.54, 1.807) is 0 Å². The topological polar surface area (TPSA) is 65.7 Å². The molecule has 1 aromatic carbocycles. The van der Waals surface area contributed by atoms with Crippen molar-refractivity contribution >= 4 is 47.1 Å². The van der Waals surface area contributed by atoms with E-state index in [2.05, 4.69) is 0 Å². The molecule has 0 saturated heterocycles. The highest BCUT2D eigenvalue weighted by Crippen LogP contribution is 2.39. The molecule has 8 heteroatoms. The number of aromatic nitrogens is 1. The Labute approximate surface area is 123 Å². The summed E-state index contributed by atoms with van der Waals surface area (Å²) in [5.74, 6) is -0.740. The normalized spacial score (nSPS) is 10.5. The largest absolute Gasteiger partial charge is 0.494 e. The first kappa shape index (κ1) is 13.9. The number of anilines is 1. The first-order chi connectivity index (χ1) is 8.93. The van der Waals surface area contributed by atoms with Gasteiger partial charge in [-0.1, -0.05) is 23.2 Å². The van der Waals surface area contributed by atoms with Gasteiger partial charge in [0.1, 0.15) is 5.69 Å². The first-order valence-electron chi connectivity index (χ1n) is 4.94. The average molecular weight is 322 g/mol. The Morgan fingerprint density at radius 3 is 2.21 bits per heavy atom. The van der Waals surface area contributed by atoms with Crippen molar-refractivity contribution in [3.8, 4) is 17.4 Å². The number of benzene rings is 1. The van der Waals surface area contributed by atoms with Gasteiger partial charge >= 0.3 is 0 Å². The van der Waals surface area contributed by atoms with Gasteiger partial charge in [-0.3, -0.25) is 4.79 Å². The molecule has 1 heterocycles. The fraction of sp³-hybridized carbons (Fsp3) is 0. The Balaban J connectivity index is 2.62. The minimum absolute atomic E-state index is 0.0646. The summed E-state index contributed by atoms with van der Waals surface area (Å²) < 4.78 is 1.66. The molecule has 0 saturated carbocycles. The molecule has 1 amide bonds. The van der Waals surface area contributed by atoms with Gasteiger partial charge < -0.3 is 10.2 Å². The molecular weight excluding hydrogens is 314 g/mol. The number of aromatic hydroxyl groups is 2. The van der Waals surface area contributed by atoms with Crippen LogP contribution in [-0.4, -0.2) is 21.2 Å². The number of carbonyl (C=O) groups excluding carboxylic acids is 1. The summed E-state index contributed by atoms with van der Waals surface area (Å²) in [5.41, 5.74) is 0.264. The van der Waals surface area contributed by atoms with Crippen LogP contribution in [0.4, 0.5) is 5.69 Å². The molecule has 0 bridgehead atoms. The average Bonchev–Trinajstić information content (AvgIpc) is 2.62. The summed E-state index contributed by atoms with van der Waals surface area (Å²) in [5, 5.41) is 20.4. The zero-order valence-electron chi connectivity index (χ0n) is 9.22. The lowest BCUT2D eigenvalue weighted by atomic mass is 10.3. The van der Waals surface area contributed by atoms with Crippen LogP contribution >= 0.6 is 35.0 Å². The van der Waals surface area contributed by atoms with Crippen molar-refractivity contribution in [2.45, 2.75) is 0 Å². The van der Waals surface area contributed by atoms with Gasteiger partial charge in [0.2, 0.25) is 18.2 Å². The second-order valence-corrected chi connectivity index (χ2v) is 4.83. The SMILES string of the molecule is O=CN(Cl)c1cc(O)n(-c2cc(Cl)cc(Cl)c2)c1O. The zero-order valence-corrected chi connectivity index (χ0v) is 11.5. The smallest absolute Gasteiger partial charge is 0.229 e. The van der Waals surface area contributed by atoms with Crippen molar-refractivity contribution in [3.63, 3.8) is 0 Å². The fourth-order valence-corrected chi connectivity index (χ4v) is 2.25. The Hall–Kier alpha value is -1.56. The molecule has 0 aliphatic rings. The lowest BCUT2D eigenvalue weighted by Gasteiger charge is -2.09. The lowest BCUT2D eigenvalue weighted by molar-refractivity contribution is -0.106. The Morgan fingerprint density at radius 1 is 1.11 bits per heavy atom.